The maximum Gasteiger partial charge on any atom is 0.252 e. The molecule has 1 aliphatic carbocycles. The van der Waals surface area contributed by atoms with Crippen molar-refractivity contribution in [1.29, 1.82) is 0 Å². The molecule has 6 heteroatoms. The molecule has 2 heterocycles. The summed E-state index contributed by atoms with van der Waals surface area (Å²) in [6.07, 6.45) is 9.75. The van der Waals surface area contributed by atoms with Gasteiger partial charge in [-0.05, 0) is 18.9 Å². The van der Waals surface area contributed by atoms with Crippen molar-refractivity contribution in [3.8, 4) is 0 Å². The van der Waals surface area contributed by atoms with E-state index in [1.54, 1.807) is 12.4 Å². The van der Waals surface area contributed by atoms with E-state index in [0.717, 1.165) is 38.5 Å². The number of hydrogen-bond donors (Lipinski definition) is 2. The monoisotopic (exact) mass is 332 g/mol. The standard InChI is InChI=1S/C18H28N4O2/c23-18(20-6-7-22-8-10-24-11-9-22)15-12-17(14-19-13-15)21-16-4-2-1-3-5-16/h12-14,16,21H,1-11H2,(H,20,23). The molecule has 132 valence electrons. The zero-order valence-corrected chi connectivity index (χ0v) is 14.3. The van der Waals surface area contributed by atoms with Crippen molar-refractivity contribution >= 4 is 11.6 Å². The lowest BCUT2D eigenvalue weighted by atomic mass is 9.95. The van der Waals surface area contributed by atoms with E-state index in [9.17, 15) is 4.79 Å². The summed E-state index contributed by atoms with van der Waals surface area (Å²) < 4.78 is 5.33. The Labute approximate surface area is 144 Å². The third kappa shape index (κ3) is 5.18. The molecule has 0 spiro atoms. The average Bonchev–Trinajstić information content (AvgIpc) is 2.64. The number of amides is 1. The molecule has 2 aliphatic rings. The number of anilines is 1. The predicted molar refractivity (Wildman–Crippen MR) is 94.3 cm³/mol. The zero-order valence-electron chi connectivity index (χ0n) is 14.3. The van der Waals surface area contributed by atoms with Crippen LogP contribution in [0, 0.1) is 0 Å². The maximum atomic E-state index is 12.3. The van der Waals surface area contributed by atoms with E-state index in [1.807, 2.05) is 6.07 Å². The Morgan fingerprint density at radius 1 is 1.21 bits per heavy atom. The minimum Gasteiger partial charge on any atom is -0.381 e. The molecule has 1 amide bonds. The molecule has 2 N–H and O–H groups in total. The van der Waals surface area contributed by atoms with E-state index in [4.69, 9.17) is 4.74 Å². The first-order chi connectivity index (χ1) is 11.8. The van der Waals surface area contributed by atoms with E-state index in [1.165, 1.54) is 32.1 Å². The summed E-state index contributed by atoms with van der Waals surface area (Å²) in [7, 11) is 0. The smallest absolute Gasteiger partial charge is 0.252 e. The van der Waals surface area contributed by atoms with Crippen LogP contribution >= 0.6 is 0 Å². The molecule has 0 bridgehead atoms. The molecule has 0 aromatic carbocycles. The Morgan fingerprint density at radius 2 is 2.00 bits per heavy atom. The number of rotatable bonds is 6. The van der Waals surface area contributed by atoms with Gasteiger partial charge in [-0.25, -0.2) is 0 Å². The molecule has 0 atom stereocenters. The normalized spacial score (nSPS) is 19.8. The Kier molecular flexibility index (Phi) is 6.43. The third-order valence-corrected chi connectivity index (χ3v) is 4.79. The van der Waals surface area contributed by atoms with Crippen LogP contribution in [-0.2, 0) is 4.74 Å². The Hall–Kier alpha value is -1.66. The van der Waals surface area contributed by atoms with E-state index in [0.29, 0.717) is 18.2 Å². The van der Waals surface area contributed by atoms with Crippen LogP contribution in [0.5, 0.6) is 0 Å². The van der Waals surface area contributed by atoms with Crippen LogP contribution in [-0.4, -0.2) is 61.2 Å². The molecule has 3 rings (SSSR count). The van der Waals surface area contributed by atoms with Gasteiger partial charge in [-0.15, -0.1) is 0 Å². The summed E-state index contributed by atoms with van der Waals surface area (Å²) in [6, 6.07) is 2.42. The number of nitrogens with zero attached hydrogens (tertiary/aromatic N) is 2. The van der Waals surface area contributed by atoms with Crippen LogP contribution in [0.2, 0.25) is 0 Å². The quantitative estimate of drug-likeness (QED) is 0.833. The van der Waals surface area contributed by atoms with Crippen molar-refractivity contribution in [1.82, 2.24) is 15.2 Å². The highest BCUT2D eigenvalue weighted by Crippen LogP contribution is 2.21. The molecule has 6 nitrogen and oxygen atoms in total. The van der Waals surface area contributed by atoms with Crippen LogP contribution in [0.3, 0.4) is 0 Å². The number of morpholine rings is 1. The summed E-state index contributed by atoms with van der Waals surface area (Å²) in [5.41, 5.74) is 1.57. The Morgan fingerprint density at radius 3 is 2.79 bits per heavy atom. The number of ether oxygens (including phenoxy) is 1. The van der Waals surface area contributed by atoms with Crippen molar-refractivity contribution in [2.45, 2.75) is 38.1 Å². The van der Waals surface area contributed by atoms with Crippen LogP contribution in [0.1, 0.15) is 42.5 Å². The largest absolute Gasteiger partial charge is 0.381 e. The second kappa shape index (κ2) is 8.99. The first-order valence-corrected chi connectivity index (χ1v) is 9.11. The van der Waals surface area contributed by atoms with Crippen molar-refractivity contribution < 1.29 is 9.53 Å². The van der Waals surface area contributed by atoms with Crippen LogP contribution in [0.25, 0.3) is 0 Å². The fourth-order valence-corrected chi connectivity index (χ4v) is 3.38. The van der Waals surface area contributed by atoms with E-state index in [-0.39, 0.29) is 5.91 Å². The third-order valence-electron chi connectivity index (χ3n) is 4.79. The lowest BCUT2D eigenvalue weighted by Crippen LogP contribution is -2.41. The first-order valence-electron chi connectivity index (χ1n) is 9.11. The SMILES string of the molecule is O=C(NCCN1CCOCC1)c1cncc(NC2CCCCC2)c1. The molecule has 2 fully saturated rings. The predicted octanol–water partition coefficient (Wildman–Crippen LogP) is 1.89. The van der Waals surface area contributed by atoms with Crippen molar-refractivity contribution in [3.05, 3.63) is 24.0 Å². The molecule has 24 heavy (non-hydrogen) atoms. The lowest BCUT2D eigenvalue weighted by Gasteiger charge is -2.26. The topological polar surface area (TPSA) is 66.5 Å². The number of aromatic nitrogens is 1. The van der Waals surface area contributed by atoms with Gasteiger partial charge < -0.3 is 15.4 Å². The van der Waals surface area contributed by atoms with Gasteiger partial charge in [0, 0.05) is 44.6 Å². The minimum atomic E-state index is -0.0527. The zero-order chi connectivity index (χ0) is 16.6. The van der Waals surface area contributed by atoms with Gasteiger partial charge in [0.05, 0.1) is 24.5 Å². The van der Waals surface area contributed by atoms with Gasteiger partial charge in [-0.1, -0.05) is 19.3 Å². The fourth-order valence-electron chi connectivity index (χ4n) is 3.38. The minimum absolute atomic E-state index is 0.0527. The molecule has 1 saturated carbocycles. The molecular weight excluding hydrogens is 304 g/mol. The van der Waals surface area contributed by atoms with Gasteiger partial charge >= 0.3 is 0 Å². The highest BCUT2D eigenvalue weighted by Gasteiger charge is 2.14. The second-order valence-corrected chi connectivity index (χ2v) is 6.65. The van der Waals surface area contributed by atoms with Gasteiger partial charge in [0.1, 0.15) is 0 Å². The van der Waals surface area contributed by atoms with Crippen molar-refractivity contribution in [3.63, 3.8) is 0 Å². The molecule has 1 aromatic heterocycles. The number of carbonyl (C=O) groups excluding carboxylic acids is 1. The van der Waals surface area contributed by atoms with Crippen LogP contribution < -0.4 is 10.6 Å². The van der Waals surface area contributed by atoms with E-state index < -0.39 is 0 Å². The molecule has 1 aliphatic heterocycles. The number of pyridine rings is 1. The molecule has 0 unspecified atom stereocenters. The Bertz CT molecular complexity index is 526. The molecule has 1 aromatic rings. The number of nitrogens with one attached hydrogen (secondary N) is 2. The van der Waals surface area contributed by atoms with Crippen molar-refractivity contribution in [2.75, 3.05) is 44.7 Å². The fraction of sp³-hybridized carbons (Fsp3) is 0.667. The van der Waals surface area contributed by atoms with Crippen molar-refractivity contribution in [2.24, 2.45) is 0 Å². The van der Waals surface area contributed by atoms with Gasteiger partial charge in [0.15, 0.2) is 0 Å². The van der Waals surface area contributed by atoms with Gasteiger partial charge in [0.25, 0.3) is 5.91 Å². The van der Waals surface area contributed by atoms with Gasteiger partial charge in [-0.3, -0.25) is 14.7 Å². The van der Waals surface area contributed by atoms with Crippen LogP contribution in [0.15, 0.2) is 18.5 Å². The summed E-state index contributed by atoms with van der Waals surface area (Å²) in [5.74, 6) is -0.0527. The summed E-state index contributed by atoms with van der Waals surface area (Å²) in [4.78, 5) is 18.8. The van der Waals surface area contributed by atoms with E-state index in [2.05, 4.69) is 20.5 Å². The lowest BCUT2D eigenvalue weighted by molar-refractivity contribution is 0.0383. The van der Waals surface area contributed by atoms with E-state index >= 15 is 0 Å². The Balaban J connectivity index is 1.46. The maximum absolute atomic E-state index is 12.3. The molecular formula is C18H28N4O2. The number of carbonyl (C=O) groups is 1. The molecule has 1 saturated heterocycles. The van der Waals surface area contributed by atoms with Gasteiger partial charge in [0.2, 0.25) is 0 Å². The molecule has 0 radical (unpaired) electrons. The summed E-state index contributed by atoms with van der Waals surface area (Å²) in [6.45, 7) is 4.97. The van der Waals surface area contributed by atoms with Crippen LogP contribution in [0.4, 0.5) is 5.69 Å². The average molecular weight is 332 g/mol. The summed E-state index contributed by atoms with van der Waals surface area (Å²) >= 11 is 0. The highest BCUT2D eigenvalue weighted by atomic mass is 16.5. The highest BCUT2D eigenvalue weighted by molar-refractivity contribution is 5.94. The first kappa shape index (κ1) is 17.2. The summed E-state index contributed by atoms with van der Waals surface area (Å²) in [5, 5.41) is 6.51. The number of hydrogen-bond acceptors (Lipinski definition) is 5. The van der Waals surface area contributed by atoms with Gasteiger partial charge in [-0.2, -0.15) is 0 Å². The second-order valence-electron chi connectivity index (χ2n) is 6.65.